The van der Waals surface area contributed by atoms with Crippen molar-refractivity contribution in [3.8, 4) is 5.88 Å². The summed E-state index contributed by atoms with van der Waals surface area (Å²) < 4.78 is 20.9. The van der Waals surface area contributed by atoms with Crippen molar-refractivity contribution < 1.29 is 18.7 Å². The zero-order chi connectivity index (χ0) is 24.8. The van der Waals surface area contributed by atoms with Crippen LogP contribution in [0.1, 0.15) is 46.3 Å². The van der Waals surface area contributed by atoms with Crippen LogP contribution in [0.4, 0.5) is 4.39 Å². The van der Waals surface area contributed by atoms with Gasteiger partial charge in [0.05, 0.1) is 0 Å². The molecule has 1 amide bonds. The van der Waals surface area contributed by atoms with Crippen LogP contribution in [0.5, 0.6) is 5.88 Å². The highest BCUT2D eigenvalue weighted by Crippen LogP contribution is 2.22. The number of rotatable bonds is 8. The molecule has 0 spiro atoms. The van der Waals surface area contributed by atoms with Crippen LogP contribution in [0.2, 0.25) is 0 Å². The lowest BCUT2D eigenvalue weighted by atomic mass is 9.97. The molecule has 2 heterocycles. The topological polar surface area (TPSA) is 59.5 Å². The molecule has 0 N–H and O–H groups in total. The van der Waals surface area contributed by atoms with Gasteiger partial charge in [-0.1, -0.05) is 35.9 Å². The molecule has 5 nitrogen and oxygen atoms in total. The van der Waals surface area contributed by atoms with Crippen LogP contribution in [0.25, 0.3) is 0 Å². The number of likely N-dealkylation sites (tertiary alicyclic amines) is 1. The molecule has 35 heavy (non-hydrogen) atoms. The van der Waals surface area contributed by atoms with E-state index in [1.54, 1.807) is 23.2 Å². The maximum absolute atomic E-state index is 14.1. The van der Waals surface area contributed by atoms with Gasteiger partial charge in [-0.3, -0.25) is 9.59 Å². The van der Waals surface area contributed by atoms with Gasteiger partial charge in [-0.15, -0.1) is 0 Å². The summed E-state index contributed by atoms with van der Waals surface area (Å²) in [6.07, 6.45) is 4.09. The summed E-state index contributed by atoms with van der Waals surface area (Å²) >= 11 is 3.35. The van der Waals surface area contributed by atoms with Crippen molar-refractivity contribution in [1.29, 1.82) is 0 Å². The van der Waals surface area contributed by atoms with Crippen molar-refractivity contribution in [3.05, 3.63) is 93.3 Å². The highest BCUT2D eigenvalue weighted by Gasteiger charge is 2.27. The highest BCUT2D eigenvalue weighted by atomic mass is 79.9. The zero-order valence-electron chi connectivity index (χ0n) is 19.7. The Morgan fingerprint density at radius 2 is 1.83 bits per heavy atom. The third kappa shape index (κ3) is 6.98. The molecule has 1 fully saturated rings. The fraction of sp³-hybridized carbons (Fsp3) is 0.321. The van der Waals surface area contributed by atoms with Crippen molar-refractivity contribution in [1.82, 2.24) is 9.88 Å². The molecular weight excluding hydrogens is 511 g/mol. The Bertz CT molecular complexity index is 1170. The average molecular weight is 539 g/mol. The zero-order valence-corrected chi connectivity index (χ0v) is 21.3. The number of hydrogen-bond donors (Lipinski definition) is 0. The Labute approximate surface area is 213 Å². The summed E-state index contributed by atoms with van der Waals surface area (Å²) in [7, 11) is 0. The van der Waals surface area contributed by atoms with Crippen molar-refractivity contribution >= 4 is 27.6 Å². The molecule has 0 aliphatic carbocycles. The number of piperidine rings is 1. The SMILES string of the molecule is Cc1ccc(CCC(=O)Cc2ccc(F)cc2C(=O)N2CCC(Oc3ccc(Br)cn3)CC2)cc1. The maximum Gasteiger partial charge on any atom is 0.254 e. The smallest absolute Gasteiger partial charge is 0.254 e. The van der Waals surface area contributed by atoms with Crippen LogP contribution in [-0.2, 0) is 17.6 Å². The fourth-order valence-electron chi connectivity index (χ4n) is 4.19. The van der Waals surface area contributed by atoms with Crippen molar-refractivity contribution in [2.75, 3.05) is 13.1 Å². The predicted octanol–water partition coefficient (Wildman–Crippen LogP) is 5.72. The summed E-state index contributed by atoms with van der Waals surface area (Å²) in [4.78, 5) is 31.9. The van der Waals surface area contributed by atoms with Gasteiger partial charge < -0.3 is 9.64 Å². The summed E-state index contributed by atoms with van der Waals surface area (Å²) in [6, 6.07) is 15.9. The molecule has 0 radical (unpaired) electrons. The van der Waals surface area contributed by atoms with Gasteiger partial charge in [0.2, 0.25) is 5.88 Å². The molecule has 7 heteroatoms. The summed E-state index contributed by atoms with van der Waals surface area (Å²) in [5, 5.41) is 0. The molecule has 1 saturated heterocycles. The second-order valence-electron chi connectivity index (χ2n) is 8.93. The van der Waals surface area contributed by atoms with Gasteiger partial charge in [-0.05, 0) is 58.6 Å². The number of halogens is 2. The number of ketones is 1. The van der Waals surface area contributed by atoms with Crippen LogP contribution >= 0.6 is 15.9 Å². The minimum absolute atomic E-state index is 0.0281. The maximum atomic E-state index is 14.1. The van der Waals surface area contributed by atoms with Crippen molar-refractivity contribution in [2.24, 2.45) is 0 Å². The summed E-state index contributed by atoms with van der Waals surface area (Å²) in [5.74, 6) is -0.148. The quantitative estimate of drug-likeness (QED) is 0.368. The van der Waals surface area contributed by atoms with Crippen LogP contribution < -0.4 is 4.74 Å². The second kappa shape index (κ2) is 11.6. The Balaban J connectivity index is 1.35. The molecule has 1 aromatic heterocycles. The molecule has 4 rings (SSSR count). The number of amides is 1. The van der Waals surface area contributed by atoms with E-state index < -0.39 is 5.82 Å². The summed E-state index contributed by atoms with van der Waals surface area (Å²) in [5.41, 5.74) is 3.11. The molecule has 0 unspecified atom stereocenters. The first-order valence-electron chi connectivity index (χ1n) is 11.8. The van der Waals surface area contributed by atoms with E-state index in [4.69, 9.17) is 4.74 Å². The van der Waals surface area contributed by atoms with Gasteiger partial charge in [0.1, 0.15) is 17.7 Å². The fourth-order valence-corrected chi connectivity index (χ4v) is 4.43. The molecule has 3 aromatic rings. The number of hydrogen-bond acceptors (Lipinski definition) is 4. The number of aryl methyl sites for hydroxylation is 2. The van der Waals surface area contributed by atoms with Gasteiger partial charge in [0.15, 0.2) is 0 Å². The lowest BCUT2D eigenvalue weighted by molar-refractivity contribution is -0.118. The normalized spacial score (nSPS) is 14.1. The van der Waals surface area contributed by atoms with Gasteiger partial charge >= 0.3 is 0 Å². The number of pyridine rings is 1. The Morgan fingerprint density at radius 3 is 2.51 bits per heavy atom. The predicted molar refractivity (Wildman–Crippen MR) is 136 cm³/mol. The van der Waals surface area contributed by atoms with E-state index in [0.717, 1.165) is 10.0 Å². The van der Waals surface area contributed by atoms with E-state index in [0.29, 0.717) is 50.2 Å². The van der Waals surface area contributed by atoms with E-state index in [9.17, 15) is 14.0 Å². The lowest BCUT2D eigenvalue weighted by Crippen LogP contribution is -2.42. The molecule has 2 aromatic carbocycles. The highest BCUT2D eigenvalue weighted by molar-refractivity contribution is 9.10. The minimum Gasteiger partial charge on any atom is -0.474 e. The number of ether oxygens (including phenoxy) is 1. The molecular formula is C28H28BrFN2O3. The van der Waals surface area contributed by atoms with E-state index in [2.05, 4.69) is 20.9 Å². The standard InChI is InChI=1S/C28H28BrFN2O3/c1-19-2-4-20(5-3-19)6-10-24(33)16-21-7-9-23(30)17-26(21)28(34)32-14-12-25(13-15-32)35-27-11-8-22(29)18-31-27/h2-5,7-9,11,17-18,25H,6,10,12-16H2,1H3. The van der Waals surface area contributed by atoms with Crippen molar-refractivity contribution in [2.45, 2.75) is 45.1 Å². The van der Waals surface area contributed by atoms with Crippen LogP contribution in [0, 0.1) is 12.7 Å². The molecule has 182 valence electrons. The molecule has 0 saturated carbocycles. The third-order valence-electron chi connectivity index (χ3n) is 6.22. The number of Topliss-reactive ketones (excluding diaryl/α,β-unsaturated/α-hetero) is 1. The van der Waals surface area contributed by atoms with Crippen molar-refractivity contribution in [3.63, 3.8) is 0 Å². The van der Waals surface area contributed by atoms with E-state index >= 15 is 0 Å². The van der Waals surface area contributed by atoms with Crippen LogP contribution in [0.3, 0.4) is 0 Å². The van der Waals surface area contributed by atoms with Crippen LogP contribution in [-0.4, -0.2) is 40.8 Å². The van der Waals surface area contributed by atoms with E-state index in [1.165, 1.54) is 17.7 Å². The lowest BCUT2D eigenvalue weighted by Gasteiger charge is -2.32. The van der Waals surface area contributed by atoms with Gasteiger partial charge in [0.25, 0.3) is 5.91 Å². The number of benzene rings is 2. The third-order valence-corrected chi connectivity index (χ3v) is 6.69. The first-order valence-corrected chi connectivity index (χ1v) is 12.6. The largest absolute Gasteiger partial charge is 0.474 e. The second-order valence-corrected chi connectivity index (χ2v) is 9.84. The molecule has 1 aliphatic heterocycles. The number of nitrogens with zero attached hydrogens (tertiary/aromatic N) is 2. The van der Waals surface area contributed by atoms with Gasteiger partial charge in [-0.2, -0.15) is 0 Å². The Hall–Kier alpha value is -3.06. The van der Waals surface area contributed by atoms with Gasteiger partial charge in [0, 0.05) is 61.1 Å². The van der Waals surface area contributed by atoms with Gasteiger partial charge in [-0.25, -0.2) is 9.37 Å². The van der Waals surface area contributed by atoms with E-state index in [-0.39, 0.29) is 29.8 Å². The number of aromatic nitrogens is 1. The first-order chi connectivity index (χ1) is 16.9. The Morgan fingerprint density at radius 1 is 1.09 bits per heavy atom. The monoisotopic (exact) mass is 538 g/mol. The van der Waals surface area contributed by atoms with E-state index in [1.807, 2.05) is 37.3 Å². The number of carbonyl (C=O) groups excluding carboxylic acids is 2. The first kappa shape index (κ1) is 25.0. The molecule has 0 atom stereocenters. The molecule has 0 bridgehead atoms. The number of carbonyl (C=O) groups is 2. The molecule has 1 aliphatic rings. The minimum atomic E-state index is -0.483. The summed E-state index contributed by atoms with van der Waals surface area (Å²) in [6.45, 7) is 3.02. The average Bonchev–Trinajstić information content (AvgIpc) is 2.86. The van der Waals surface area contributed by atoms with Crippen LogP contribution in [0.15, 0.2) is 65.3 Å². The Kier molecular flexibility index (Phi) is 8.29.